The predicted octanol–water partition coefficient (Wildman–Crippen LogP) is 3.69. The number of benzene rings is 2. The molecule has 0 bridgehead atoms. The van der Waals surface area contributed by atoms with E-state index in [0.29, 0.717) is 37.0 Å². The van der Waals surface area contributed by atoms with Crippen molar-refractivity contribution in [2.24, 2.45) is 5.92 Å². The fraction of sp³-hybridized carbons (Fsp3) is 0.400. The quantitative estimate of drug-likeness (QED) is 0.457. The lowest BCUT2D eigenvalue weighted by Gasteiger charge is -2.27. The number of rotatable bonds is 8. The third-order valence-corrected chi connectivity index (χ3v) is 7.68. The second-order valence-electron chi connectivity index (χ2n) is 8.75. The summed E-state index contributed by atoms with van der Waals surface area (Å²) in [6.07, 6.45) is 1.57. The van der Waals surface area contributed by atoms with E-state index in [2.05, 4.69) is 10.6 Å². The van der Waals surface area contributed by atoms with E-state index in [-0.39, 0.29) is 30.6 Å². The zero-order valence-electron chi connectivity index (χ0n) is 19.2. The third kappa shape index (κ3) is 5.77. The number of hydrogen-bond acceptors (Lipinski definition) is 5. The van der Waals surface area contributed by atoms with Gasteiger partial charge in [0.2, 0.25) is 11.7 Å². The van der Waals surface area contributed by atoms with Crippen LogP contribution in [0.3, 0.4) is 0 Å². The fourth-order valence-electron chi connectivity index (χ4n) is 4.35. The lowest BCUT2D eigenvalue weighted by molar-refractivity contribution is -0.143. The number of carbonyl (C=O) groups excluding carboxylic acids is 2. The van der Waals surface area contributed by atoms with Gasteiger partial charge in [-0.3, -0.25) is 14.4 Å². The zero-order chi connectivity index (χ0) is 25.8. The van der Waals surface area contributed by atoms with Crippen molar-refractivity contribution in [2.45, 2.75) is 48.4 Å². The van der Waals surface area contributed by atoms with Gasteiger partial charge in [0.25, 0.3) is 5.91 Å². The molecule has 11 heteroatoms. The minimum Gasteiger partial charge on any atom is -0.487 e. The number of aliphatic carboxylic acids is 1. The van der Waals surface area contributed by atoms with Crippen LogP contribution in [0.4, 0.5) is 13.2 Å². The van der Waals surface area contributed by atoms with Gasteiger partial charge in [0.1, 0.15) is 5.82 Å². The van der Waals surface area contributed by atoms with Crippen LogP contribution in [0.25, 0.3) is 0 Å². The Hall–Kier alpha value is -3.21. The van der Waals surface area contributed by atoms with Crippen LogP contribution < -0.4 is 15.4 Å². The Morgan fingerprint density at radius 1 is 0.972 bits per heavy atom. The number of nitrogens with one attached hydrogen (secondary N) is 2. The Labute approximate surface area is 209 Å². The van der Waals surface area contributed by atoms with Crippen LogP contribution in [-0.4, -0.2) is 47.3 Å². The van der Waals surface area contributed by atoms with Crippen LogP contribution in [-0.2, 0) is 16.0 Å². The number of hydrogen-bond donors (Lipinski definition) is 3. The summed E-state index contributed by atoms with van der Waals surface area (Å²) in [5.74, 6) is -5.83. The molecule has 0 saturated heterocycles. The first kappa shape index (κ1) is 25.9. The SMILES string of the molecule is O=C(NCCNC(=O)C1Cc2cccc(F)c2S1)c1ccc(OC2CCC(C(=O)O)CC2)c(F)c1F. The molecule has 3 N–H and O–H groups in total. The van der Waals surface area contributed by atoms with Crippen LogP contribution in [0.1, 0.15) is 41.6 Å². The van der Waals surface area contributed by atoms with Crippen LogP contribution in [0.15, 0.2) is 35.2 Å². The number of thioether (sulfide) groups is 1. The molecular weight excluding hydrogens is 497 g/mol. The number of carboxylic acids is 1. The Morgan fingerprint density at radius 2 is 1.69 bits per heavy atom. The molecule has 2 aromatic carbocycles. The molecule has 2 aliphatic rings. The van der Waals surface area contributed by atoms with Crippen LogP contribution >= 0.6 is 11.8 Å². The summed E-state index contributed by atoms with van der Waals surface area (Å²) in [5.41, 5.74) is 0.268. The summed E-state index contributed by atoms with van der Waals surface area (Å²) < 4.78 is 48.4. The number of carboxylic acid groups (broad SMARTS) is 1. The summed E-state index contributed by atoms with van der Waals surface area (Å²) in [5, 5.41) is 13.7. The maximum absolute atomic E-state index is 14.5. The molecule has 2 aromatic rings. The summed E-state index contributed by atoms with van der Waals surface area (Å²) in [6.45, 7) is 0.0418. The van der Waals surface area contributed by atoms with Crippen molar-refractivity contribution < 1.29 is 37.4 Å². The first-order valence-electron chi connectivity index (χ1n) is 11.6. The monoisotopic (exact) mass is 522 g/mol. The van der Waals surface area contributed by atoms with E-state index in [1.807, 2.05) is 0 Å². The molecule has 1 aliphatic carbocycles. The molecule has 4 rings (SSSR count). The van der Waals surface area contributed by atoms with E-state index in [1.54, 1.807) is 12.1 Å². The first-order valence-corrected chi connectivity index (χ1v) is 12.5. The highest BCUT2D eigenvalue weighted by molar-refractivity contribution is 8.01. The number of amides is 2. The Morgan fingerprint density at radius 3 is 2.39 bits per heavy atom. The predicted molar refractivity (Wildman–Crippen MR) is 125 cm³/mol. The lowest BCUT2D eigenvalue weighted by atomic mass is 9.87. The zero-order valence-corrected chi connectivity index (χ0v) is 20.0. The smallest absolute Gasteiger partial charge is 0.306 e. The molecule has 36 heavy (non-hydrogen) atoms. The standard InChI is InChI=1S/C25H25F3N2O5S/c26-17-3-1-2-14-12-19(36-22(14)17)24(32)30-11-10-29-23(31)16-8-9-18(21(28)20(16)27)35-15-6-4-13(5-7-15)25(33)34/h1-3,8-9,13,15,19H,4-7,10-12H2,(H,29,31)(H,30,32)(H,33,34). The van der Waals surface area contributed by atoms with Crippen LogP contribution in [0.5, 0.6) is 5.75 Å². The van der Waals surface area contributed by atoms with Gasteiger partial charge in [0, 0.05) is 18.0 Å². The highest BCUT2D eigenvalue weighted by Gasteiger charge is 2.30. The summed E-state index contributed by atoms with van der Waals surface area (Å²) >= 11 is 1.15. The normalized spacial score (nSPS) is 20.9. The number of carbonyl (C=O) groups is 3. The van der Waals surface area contributed by atoms with E-state index in [9.17, 15) is 27.6 Å². The van der Waals surface area contributed by atoms with Crippen molar-refractivity contribution in [2.75, 3.05) is 13.1 Å². The second-order valence-corrected chi connectivity index (χ2v) is 9.97. The van der Waals surface area contributed by atoms with Gasteiger partial charge in [-0.1, -0.05) is 12.1 Å². The molecule has 1 atom stereocenters. The van der Waals surface area contributed by atoms with Gasteiger partial charge in [-0.05, 0) is 55.9 Å². The topological polar surface area (TPSA) is 105 Å². The van der Waals surface area contributed by atoms with E-state index in [4.69, 9.17) is 9.84 Å². The maximum Gasteiger partial charge on any atom is 0.306 e. The lowest BCUT2D eigenvalue weighted by Crippen LogP contribution is -2.38. The summed E-state index contributed by atoms with van der Waals surface area (Å²) in [4.78, 5) is 36.2. The fourth-order valence-corrected chi connectivity index (χ4v) is 5.57. The van der Waals surface area contributed by atoms with Gasteiger partial charge in [-0.2, -0.15) is 4.39 Å². The molecule has 1 heterocycles. The van der Waals surface area contributed by atoms with Crippen molar-refractivity contribution in [3.05, 3.63) is 58.9 Å². The van der Waals surface area contributed by atoms with Crippen LogP contribution in [0.2, 0.25) is 0 Å². The van der Waals surface area contributed by atoms with Gasteiger partial charge in [0.15, 0.2) is 11.6 Å². The molecule has 0 radical (unpaired) electrons. The van der Waals surface area contributed by atoms with Crippen molar-refractivity contribution in [1.82, 2.24) is 10.6 Å². The summed E-state index contributed by atoms with van der Waals surface area (Å²) in [6, 6.07) is 7.00. The maximum atomic E-state index is 14.5. The minimum absolute atomic E-state index is 0.0185. The first-order chi connectivity index (χ1) is 17.2. The largest absolute Gasteiger partial charge is 0.487 e. The van der Waals surface area contributed by atoms with Gasteiger partial charge in [-0.25, -0.2) is 8.78 Å². The molecule has 1 saturated carbocycles. The molecule has 192 valence electrons. The molecule has 0 spiro atoms. The average molecular weight is 523 g/mol. The number of halogens is 3. The Kier molecular flexibility index (Phi) is 8.07. The van der Waals surface area contributed by atoms with Crippen molar-refractivity contribution in [1.29, 1.82) is 0 Å². The number of fused-ring (bicyclic) bond motifs is 1. The van der Waals surface area contributed by atoms with Gasteiger partial charge in [-0.15, -0.1) is 11.8 Å². The minimum atomic E-state index is -1.35. The Bertz CT molecular complexity index is 1170. The van der Waals surface area contributed by atoms with E-state index in [1.165, 1.54) is 12.1 Å². The molecular formula is C25H25F3N2O5S. The van der Waals surface area contributed by atoms with E-state index < -0.39 is 46.3 Å². The van der Waals surface area contributed by atoms with Crippen molar-refractivity contribution in [3.63, 3.8) is 0 Å². The molecule has 1 unspecified atom stereocenters. The summed E-state index contributed by atoms with van der Waals surface area (Å²) in [7, 11) is 0. The molecule has 0 aromatic heterocycles. The van der Waals surface area contributed by atoms with E-state index >= 15 is 0 Å². The second kappa shape index (κ2) is 11.2. The molecule has 2 amide bonds. The highest BCUT2D eigenvalue weighted by Crippen LogP contribution is 2.38. The molecule has 7 nitrogen and oxygen atoms in total. The third-order valence-electron chi connectivity index (χ3n) is 6.32. The highest BCUT2D eigenvalue weighted by atomic mass is 32.2. The van der Waals surface area contributed by atoms with E-state index in [0.717, 1.165) is 23.4 Å². The molecule has 1 fully saturated rings. The van der Waals surface area contributed by atoms with Crippen molar-refractivity contribution in [3.8, 4) is 5.75 Å². The van der Waals surface area contributed by atoms with Gasteiger partial charge in [0.05, 0.1) is 22.8 Å². The average Bonchev–Trinajstić information content (AvgIpc) is 3.31. The Balaban J connectivity index is 1.24. The van der Waals surface area contributed by atoms with Crippen LogP contribution in [0, 0.1) is 23.4 Å². The van der Waals surface area contributed by atoms with Crippen molar-refractivity contribution >= 4 is 29.5 Å². The van der Waals surface area contributed by atoms with Gasteiger partial charge < -0.3 is 20.5 Å². The molecule has 1 aliphatic heterocycles. The number of ether oxygens (including phenoxy) is 1. The van der Waals surface area contributed by atoms with Gasteiger partial charge >= 0.3 is 5.97 Å².